The largest absolute Gasteiger partial charge is 0.388 e. The van der Waals surface area contributed by atoms with Crippen LogP contribution in [0.1, 0.15) is 46.0 Å². The third-order valence-electron chi connectivity index (χ3n) is 2.66. The van der Waals surface area contributed by atoms with E-state index in [0.717, 1.165) is 13.0 Å². The van der Waals surface area contributed by atoms with E-state index in [1.807, 2.05) is 0 Å². The fraction of sp³-hybridized carbons (Fsp3) is 0.909. The average Bonchev–Trinajstić information content (AvgIpc) is 2.14. The zero-order valence-electron chi connectivity index (χ0n) is 9.84. The molecule has 0 spiro atoms. The van der Waals surface area contributed by atoms with Crippen molar-refractivity contribution in [3.8, 4) is 0 Å². The van der Waals surface area contributed by atoms with Crippen molar-refractivity contribution in [3.63, 3.8) is 0 Å². The molecule has 3 heteroatoms. The van der Waals surface area contributed by atoms with E-state index in [9.17, 15) is 0 Å². The predicted molar refractivity (Wildman–Crippen MR) is 62.8 cm³/mol. The SMILES string of the molecule is CCCCCN(C)C(CC)CC(=N)N. The molecule has 0 saturated carbocycles. The van der Waals surface area contributed by atoms with Crippen molar-refractivity contribution in [3.05, 3.63) is 0 Å². The van der Waals surface area contributed by atoms with Crippen LogP contribution in [0.3, 0.4) is 0 Å². The molecule has 0 radical (unpaired) electrons. The molecule has 0 fully saturated rings. The van der Waals surface area contributed by atoms with Crippen molar-refractivity contribution < 1.29 is 0 Å². The Morgan fingerprint density at radius 1 is 1.36 bits per heavy atom. The molecule has 14 heavy (non-hydrogen) atoms. The molecule has 0 saturated heterocycles. The van der Waals surface area contributed by atoms with Crippen molar-refractivity contribution in [1.29, 1.82) is 5.41 Å². The smallest absolute Gasteiger partial charge is 0.0921 e. The van der Waals surface area contributed by atoms with Crippen LogP contribution in [-0.4, -0.2) is 30.4 Å². The zero-order valence-corrected chi connectivity index (χ0v) is 9.84. The van der Waals surface area contributed by atoms with E-state index < -0.39 is 0 Å². The van der Waals surface area contributed by atoms with E-state index in [2.05, 4.69) is 25.8 Å². The van der Waals surface area contributed by atoms with Gasteiger partial charge in [0.1, 0.15) is 0 Å². The molecule has 0 bridgehead atoms. The molecule has 0 rings (SSSR count). The van der Waals surface area contributed by atoms with Crippen LogP contribution in [0.15, 0.2) is 0 Å². The average molecular weight is 199 g/mol. The summed E-state index contributed by atoms with van der Waals surface area (Å²) in [7, 11) is 2.13. The number of nitrogens with one attached hydrogen (secondary N) is 1. The first kappa shape index (κ1) is 13.4. The number of amidine groups is 1. The topological polar surface area (TPSA) is 53.1 Å². The highest BCUT2D eigenvalue weighted by atomic mass is 15.1. The lowest BCUT2D eigenvalue weighted by Crippen LogP contribution is -2.35. The molecule has 1 atom stereocenters. The van der Waals surface area contributed by atoms with Crippen LogP contribution >= 0.6 is 0 Å². The fourth-order valence-electron chi connectivity index (χ4n) is 1.66. The number of hydrogen-bond donors (Lipinski definition) is 2. The van der Waals surface area contributed by atoms with E-state index in [-0.39, 0.29) is 0 Å². The van der Waals surface area contributed by atoms with E-state index >= 15 is 0 Å². The third-order valence-corrected chi connectivity index (χ3v) is 2.66. The molecule has 0 aliphatic carbocycles. The summed E-state index contributed by atoms with van der Waals surface area (Å²) in [5.41, 5.74) is 5.42. The molecule has 3 N–H and O–H groups in total. The van der Waals surface area contributed by atoms with Crippen molar-refractivity contribution in [2.24, 2.45) is 5.73 Å². The molecule has 0 aliphatic heterocycles. The predicted octanol–water partition coefficient (Wildman–Crippen LogP) is 2.21. The Morgan fingerprint density at radius 3 is 2.43 bits per heavy atom. The van der Waals surface area contributed by atoms with Crippen LogP contribution in [0.25, 0.3) is 0 Å². The van der Waals surface area contributed by atoms with Crippen molar-refractivity contribution in [2.75, 3.05) is 13.6 Å². The van der Waals surface area contributed by atoms with Gasteiger partial charge in [-0.1, -0.05) is 26.7 Å². The van der Waals surface area contributed by atoms with Crippen LogP contribution in [0.4, 0.5) is 0 Å². The lowest BCUT2D eigenvalue weighted by Gasteiger charge is -2.26. The summed E-state index contributed by atoms with van der Waals surface area (Å²) in [6.45, 7) is 5.50. The van der Waals surface area contributed by atoms with Crippen LogP contribution in [0.2, 0.25) is 0 Å². The van der Waals surface area contributed by atoms with Crippen LogP contribution in [0.5, 0.6) is 0 Å². The summed E-state index contributed by atoms with van der Waals surface area (Å²) in [5, 5.41) is 7.29. The van der Waals surface area contributed by atoms with E-state index in [1.54, 1.807) is 0 Å². The maximum atomic E-state index is 7.29. The van der Waals surface area contributed by atoms with Crippen LogP contribution in [-0.2, 0) is 0 Å². The molecular weight excluding hydrogens is 174 g/mol. The maximum Gasteiger partial charge on any atom is 0.0921 e. The van der Waals surface area contributed by atoms with Gasteiger partial charge in [0.05, 0.1) is 5.84 Å². The maximum absolute atomic E-state index is 7.29. The Labute approximate surface area is 88.2 Å². The summed E-state index contributed by atoms with van der Waals surface area (Å²) >= 11 is 0. The summed E-state index contributed by atoms with van der Waals surface area (Å²) in [6, 6.07) is 0.448. The molecule has 1 unspecified atom stereocenters. The Morgan fingerprint density at radius 2 is 2.00 bits per heavy atom. The minimum absolute atomic E-state index is 0.305. The lowest BCUT2D eigenvalue weighted by molar-refractivity contribution is 0.236. The van der Waals surface area contributed by atoms with Crippen molar-refractivity contribution in [1.82, 2.24) is 4.90 Å². The molecule has 0 aromatic heterocycles. The van der Waals surface area contributed by atoms with Gasteiger partial charge in [0.25, 0.3) is 0 Å². The fourth-order valence-corrected chi connectivity index (χ4v) is 1.66. The van der Waals surface area contributed by atoms with Crippen LogP contribution in [0, 0.1) is 5.41 Å². The lowest BCUT2D eigenvalue weighted by atomic mass is 10.1. The molecule has 84 valence electrons. The second-order valence-electron chi connectivity index (χ2n) is 3.98. The number of rotatable bonds is 8. The highest BCUT2D eigenvalue weighted by molar-refractivity contribution is 5.77. The van der Waals surface area contributed by atoms with Gasteiger partial charge in [0.2, 0.25) is 0 Å². The van der Waals surface area contributed by atoms with E-state index in [4.69, 9.17) is 11.1 Å². The van der Waals surface area contributed by atoms with Gasteiger partial charge in [0.15, 0.2) is 0 Å². The molecule has 0 aliphatic rings. The first-order valence-electron chi connectivity index (χ1n) is 5.64. The Bertz CT molecular complexity index is 157. The number of nitrogens with two attached hydrogens (primary N) is 1. The van der Waals surface area contributed by atoms with Gasteiger partial charge in [0, 0.05) is 12.5 Å². The van der Waals surface area contributed by atoms with Crippen LogP contribution < -0.4 is 5.73 Å². The van der Waals surface area contributed by atoms with Gasteiger partial charge in [-0.2, -0.15) is 0 Å². The van der Waals surface area contributed by atoms with Gasteiger partial charge in [-0.3, -0.25) is 5.41 Å². The summed E-state index contributed by atoms with van der Waals surface area (Å²) in [5.74, 6) is 0.305. The number of hydrogen-bond acceptors (Lipinski definition) is 2. The number of unbranched alkanes of at least 4 members (excludes halogenated alkanes) is 2. The van der Waals surface area contributed by atoms with Crippen molar-refractivity contribution >= 4 is 5.84 Å². The second kappa shape index (κ2) is 7.80. The zero-order chi connectivity index (χ0) is 11.0. The molecular formula is C11H25N3. The van der Waals surface area contributed by atoms with Gasteiger partial charge in [-0.05, 0) is 26.4 Å². The van der Waals surface area contributed by atoms with E-state index in [0.29, 0.717) is 18.3 Å². The molecule has 0 aromatic rings. The molecule has 0 heterocycles. The molecule has 0 aromatic carbocycles. The molecule has 0 amide bonds. The third kappa shape index (κ3) is 5.97. The summed E-state index contributed by atoms with van der Waals surface area (Å²) < 4.78 is 0. The first-order valence-corrected chi connectivity index (χ1v) is 5.64. The Kier molecular flexibility index (Phi) is 7.48. The highest BCUT2D eigenvalue weighted by Crippen LogP contribution is 2.08. The second-order valence-corrected chi connectivity index (χ2v) is 3.98. The summed E-state index contributed by atoms with van der Waals surface area (Å²) in [6.07, 6.45) is 5.58. The summed E-state index contributed by atoms with van der Waals surface area (Å²) in [4.78, 5) is 2.33. The quantitative estimate of drug-likeness (QED) is 0.358. The van der Waals surface area contributed by atoms with Gasteiger partial charge < -0.3 is 10.6 Å². The van der Waals surface area contributed by atoms with Gasteiger partial charge >= 0.3 is 0 Å². The number of nitrogens with zero attached hydrogens (tertiary/aromatic N) is 1. The first-order chi connectivity index (χ1) is 6.61. The standard InChI is InChI=1S/C11H25N3/c1-4-6-7-8-14(3)10(5-2)9-11(12)13/h10H,4-9H2,1-3H3,(H3,12,13). The van der Waals surface area contributed by atoms with E-state index in [1.165, 1.54) is 19.3 Å². The molecule has 3 nitrogen and oxygen atoms in total. The van der Waals surface area contributed by atoms with Gasteiger partial charge in [-0.25, -0.2) is 0 Å². The Hall–Kier alpha value is -0.570. The highest BCUT2D eigenvalue weighted by Gasteiger charge is 2.12. The van der Waals surface area contributed by atoms with Crippen molar-refractivity contribution in [2.45, 2.75) is 52.0 Å². The minimum atomic E-state index is 0.305. The van der Waals surface area contributed by atoms with Gasteiger partial charge in [-0.15, -0.1) is 0 Å². The normalized spacial score (nSPS) is 13.1. The minimum Gasteiger partial charge on any atom is -0.388 e. The monoisotopic (exact) mass is 199 g/mol. The Balaban J connectivity index is 3.78.